The molecule has 2 amide bonds. The first-order chi connectivity index (χ1) is 22.4. The largest absolute Gasteiger partial charge is 0.378 e. The van der Waals surface area contributed by atoms with Crippen molar-refractivity contribution in [2.24, 2.45) is 23.3 Å². The normalized spacial score (nSPS) is 19.0. The summed E-state index contributed by atoms with van der Waals surface area (Å²) in [6.07, 6.45) is 7.02. The fourth-order valence-corrected chi connectivity index (χ4v) is 6.38. The smallest absolute Gasteiger partial charge is 0.240 e. The van der Waals surface area contributed by atoms with E-state index in [2.05, 4.69) is 30.0 Å². The highest BCUT2D eigenvalue weighted by Gasteiger charge is 2.36. The molecule has 4 aromatic rings. The molecular formula is C33H38ClN9O3. The molecule has 1 aliphatic heterocycles. The van der Waals surface area contributed by atoms with E-state index in [-0.39, 0.29) is 23.5 Å². The van der Waals surface area contributed by atoms with Gasteiger partial charge in [-0.1, -0.05) is 24.3 Å². The van der Waals surface area contributed by atoms with E-state index < -0.39 is 11.9 Å². The van der Waals surface area contributed by atoms with Gasteiger partial charge in [-0.2, -0.15) is 10.1 Å². The van der Waals surface area contributed by atoms with E-state index in [1.54, 1.807) is 41.6 Å². The number of amides is 2. The number of aromatic nitrogens is 5. The van der Waals surface area contributed by atoms with Crippen LogP contribution in [0, 0.1) is 11.8 Å². The number of hydrogen-bond acceptors (Lipinski definition) is 9. The number of aromatic amines is 1. The number of primary amides is 1. The molecule has 2 aromatic carbocycles. The number of anilines is 2. The summed E-state index contributed by atoms with van der Waals surface area (Å²) in [7, 11) is 0. The lowest BCUT2D eigenvalue weighted by Gasteiger charge is -2.35. The molecule has 12 nitrogen and oxygen atoms in total. The quantitative estimate of drug-likeness (QED) is 0.234. The number of nitrogens with two attached hydrogens (primary N) is 2. The number of morpholine rings is 1. The van der Waals surface area contributed by atoms with Crippen LogP contribution in [0.1, 0.15) is 31.2 Å². The molecule has 6 rings (SSSR count). The maximum atomic E-state index is 14.3. The van der Waals surface area contributed by atoms with Crippen LogP contribution in [0.4, 0.5) is 11.6 Å². The average Bonchev–Trinajstić information content (AvgIpc) is 3.55. The summed E-state index contributed by atoms with van der Waals surface area (Å²) in [5.41, 5.74) is 15.9. The summed E-state index contributed by atoms with van der Waals surface area (Å²) in [6.45, 7) is 3.43. The number of nitrogens with zero attached hydrogens (tertiary/aromatic N) is 6. The van der Waals surface area contributed by atoms with Gasteiger partial charge >= 0.3 is 0 Å². The first-order valence-electron chi connectivity index (χ1n) is 15.6. The highest BCUT2D eigenvalue weighted by molar-refractivity contribution is 6.28. The maximum Gasteiger partial charge on any atom is 0.240 e. The molecule has 2 aromatic heterocycles. The maximum absolute atomic E-state index is 14.3. The molecule has 2 fully saturated rings. The standard InChI is InChI=1S/C33H38ClN9O3/c34-32-39-30(40-41-32)23-8-10-27(11-9-23)43(31(45)24-6-4-21(18-35)5-7-24)28(29(36)44)17-22-2-1-3-25(16-22)26-19-37-33(38-20-26)42-12-14-46-15-13-42/h1-3,8-11,16,19-21,24,28H,4-7,12-15,17-18,35H2,(H2,36,44)(H,39,40,41)/t21?,24?,28-/m0/s1. The second kappa shape index (κ2) is 14.4. The van der Waals surface area contributed by atoms with Crippen molar-refractivity contribution in [3.8, 4) is 22.5 Å². The van der Waals surface area contributed by atoms with Crippen LogP contribution in [0.5, 0.6) is 0 Å². The molecule has 1 aliphatic carbocycles. The molecule has 46 heavy (non-hydrogen) atoms. The van der Waals surface area contributed by atoms with Gasteiger partial charge in [0.1, 0.15) is 6.04 Å². The topological polar surface area (TPSA) is 169 Å². The van der Waals surface area contributed by atoms with Crippen molar-refractivity contribution >= 4 is 35.1 Å². The van der Waals surface area contributed by atoms with E-state index in [1.807, 2.05) is 24.3 Å². The SMILES string of the molecule is NCC1CCC(C(=O)N(c2ccc(-c3n[nH]c(Cl)n3)cc2)[C@@H](Cc2cccc(-c3cnc(N4CCOCC4)nc3)c2)C(N)=O)CC1. The van der Waals surface area contributed by atoms with Crippen LogP contribution >= 0.6 is 11.6 Å². The fourth-order valence-electron chi connectivity index (χ4n) is 6.26. The van der Waals surface area contributed by atoms with Gasteiger partial charge in [0, 0.05) is 54.6 Å². The summed E-state index contributed by atoms with van der Waals surface area (Å²) in [6, 6.07) is 14.1. The molecule has 2 aliphatic rings. The van der Waals surface area contributed by atoms with E-state index in [0.29, 0.717) is 61.5 Å². The molecule has 1 saturated heterocycles. The Bertz CT molecular complexity index is 1630. The first-order valence-corrected chi connectivity index (χ1v) is 16.0. The Hall–Kier alpha value is -4.39. The number of halogens is 1. The molecule has 3 heterocycles. The van der Waals surface area contributed by atoms with Crippen LogP contribution in [-0.2, 0) is 20.7 Å². The lowest BCUT2D eigenvalue weighted by atomic mass is 9.81. The van der Waals surface area contributed by atoms with Crippen LogP contribution in [0.25, 0.3) is 22.5 Å². The summed E-state index contributed by atoms with van der Waals surface area (Å²) >= 11 is 5.93. The van der Waals surface area contributed by atoms with E-state index >= 15 is 0 Å². The number of benzene rings is 2. The number of H-pyrrole nitrogens is 1. The third-order valence-electron chi connectivity index (χ3n) is 8.89. The van der Waals surface area contributed by atoms with Crippen molar-refractivity contribution in [3.05, 3.63) is 71.8 Å². The average molecular weight is 644 g/mol. The van der Waals surface area contributed by atoms with Gasteiger partial charge < -0.3 is 21.1 Å². The van der Waals surface area contributed by atoms with Crippen molar-refractivity contribution in [2.75, 3.05) is 42.6 Å². The second-order valence-electron chi connectivity index (χ2n) is 11.9. The van der Waals surface area contributed by atoms with Crippen LogP contribution in [-0.4, -0.2) is 75.9 Å². The zero-order chi connectivity index (χ0) is 32.0. The second-order valence-corrected chi connectivity index (χ2v) is 12.2. The number of rotatable bonds is 10. The number of nitrogens with one attached hydrogen (secondary N) is 1. The molecule has 5 N–H and O–H groups in total. The molecular weight excluding hydrogens is 606 g/mol. The number of hydrogen-bond donors (Lipinski definition) is 3. The Morgan fingerprint density at radius 3 is 2.35 bits per heavy atom. The van der Waals surface area contributed by atoms with Gasteiger partial charge in [-0.25, -0.2) is 15.1 Å². The fraction of sp³-hybridized carbons (Fsp3) is 0.394. The van der Waals surface area contributed by atoms with Crippen LogP contribution in [0.15, 0.2) is 60.9 Å². The molecule has 0 radical (unpaired) electrons. The number of carbonyl (C=O) groups is 2. The van der Waals surface area contributed by atoms with Gasteiger partial charge in [-0.3, -0.25) is 14.5 Å². The first kappa shape index (κ1) is 31.6. The van der Waals surface area contributed by atoms with E-state index in [1.165, 1.54) is 0 Å². The molecule has 13 heteroatoms. The zero-order valence-electron chi connectivity index (χ0n) is 25.5. The van der Waals surface area contributed by atoms with Gasteiger partial charge in [0.15, 0.2) is 5.82 Å². The molecule has 0 bridgehead atoms. The monoisotopic (exact) mass is 643 g/mol. The van der Waals surface area contributed by atoms with Crippen LogP contribution in [0.3, 0.4) is 0 Å². The van der Waals surface area contributed by atoms with Gasteiger partial charge in [-0.15, -0.1) is 0 Å². The number of carbonyl (C=O) groups excluding carboxylic acids is 2. The highest BCUT2D eigenvalue weighted by atomic mass is 35.5. The molecule has 1 saturated carbocycles. The van der Waals surface area contributed by atoms with E-state index in [4.69, 9.17) is 27.8 Å². The Labute approximate surface area is 272 Å². The van der Waals surface area contributed by atoms with Gasteiger partial charge in [-0.05, 0) is 85.1 Å². The zero-order valence-corrected chi connectivity index (χ0v) is 26.3. The predicted octanol–water partition coefficient (Wildman–Crippen LogP) is 3.61. The summed E-state index contributed by atoms with van der Waals surface area (Å²) in [4.78, 5) is 44.5. The Kier molecular flexibility index (Phi) is 9.86. The van der Waals surface area contributed by atoms with E-state index in [0.717, 1.165) is 42.6 Å². The summed E-state index contributed by atoms with van der Waals surface area (Å²) in [5, 5.41) is 6.92. The Morgan fingerprint density at radius 2 is 1.72 bits per heavy atom. The van der Waals surface area contributed by atoms with Gasteiger partial charge in [0.25, 0.3) is 0 Å². The van der Waals surface area contributed by atoms with Crippen molar-refractivity contribution in [1.29, 1.82) is 0 Å². The van der Waals surface area contributed by atoms with Crippen molar-refractivity contribution in [3.63, 3.8) is 0 Å². The number of ether oxygens (including phenoxy) is 1. The predicted molar refractivity (Wildman–Crippen MR) is 176 cm³/mol. The minimum atomic E-state index is -0.918. The third-order valence-corrected chi connectivity index (χ3v) is 9.06. The van der Waals surface area contributed by atoms with Gasteiger partial charge in [0.2, 0.25) is 23.0 Å². The minimum absolute atomic E-state index is 0.115. The summed E-state index contributed by atoms with van der Waals surface area (Å²) < 4.78 is 5.43. The molecule has 0 unspecified atom stereocenters. The van der Waals surface area contributed by atoms with Gasteiger partial charge in [0.05, 0.1) is 13.2 Å². The molecule has 1 atom stereocenters. The lowest BCUT2D eigenvalue weighted by molar-refractivity contribution is -0.127. The highest BCUT2D eigenvalue weighted by Crippen LogP contribution is 2.33. The Morgan fingerprint density at radius 1 is 1.00 bits per heavy atom. The molecule has 240 valence electrons. The van der Waals surface area contributed by atoms with Crippen molar-refractivity contribution in [1.82, 2.24) is 25.1 Å². The van der Waals surface area contributed by atoms with Crippen LogP contribution < -0.4 is 21.3 Å². The summed E-state index contributed by atoms with van der Waals surface area (Å²) in [5.74, 6) is 0.577. The Balaban J connectivity index is 1.27. The third kappa shape index (κ3) is 7.19. The molecule has 0 spiro atoms. The van der Waals surface area contributed by atoms with Crippen molar-refractivity contribution < 1.29 is 14.3 Å². The minimum Gasteiger partial charge on any atom is -0.378 e. The van der Waals surface area contributed by atoms with E-state index in [9.17, 15) is 9.59 Å². The lowest BCUT2D eigenvalue weighted by Crippen LogP contribution is -2.52. The van der Waals surface area contributed by atoms with Crippen LogP contribution in [0.2, 0.25) is 5.28 Å². The van der Waals surface area contributed by atoms with Crippen molar-refractivity contribution in [2.45, 2.75) is 38.1 Å².